The van der Waals surface area contributed by atoms with Crippen LogP contribution in [0.2, 0.25) is 0 Å². The van der Waals surface area contributed by atoms with Gasteiger partial charge < -0.3 is 30.1 Å². The molecule has 0 aliphatic carbocycles. The van der Waals surface area contributed by atoms with Crippen LogP contribution in [0, 0.1) is 5.92 Å². The number of urea groups is 1. The molecule has 0 aliphatic heterocycles. The van der Waals surface area contributed by atoms with Crippen molar-refractivity contribution in [2.45, 2.75) is 64.8 Å². The van der Waals surface area contributed by atoms with Gasteiger partial charge in [0.15, 0.2) is 0 Å². The number of carbonyl (C=O) groups is 3. The van der Waals surface area contributed by atoms with Crippen molar-refractivity contribution >= 4 is 40.7 Å². The maximum Gasteiger partial charge on any atom is 0.426 e. The van der Waals surface area contributed by atoms with Crippen LogP contribution in [-0.4, -0.2) is 81.9 Å². The van der Waals surface area contributed by atoms with E-state index in [4.69, 9.17) is 9.47 Å². The van der Waals surface area contributed by atoms with E-state index in [1.165, 1.54) is 27.6 Å². The normalized spacial score (nSPS) is 12.9. The van der Waals surface area contributed by atoms with E-state index in [0.29, 0.717) is 23.7 Å². The first-order valence-corrected chi connectivity index (χ1v) is 17.9. The number of ether oxygens (including phenoxy) is 2. The Morgan fingerprint density at radius 1 is 0.980 bits per heavy atom. The molecule has 4 aromatic rings. The lowest BCUT2D eigenvalue weighted by atomic mass is 9.97. The smallest absolute Gasteiger partial charge is 0.426 e. The third-order valence-corrected chi connectivity index (χ3v) is 9.32. The number of nitrogens with one attached hydrogen (secondary N) is 3. The van der Waals surface area contributed by atoms with Crippen molar-refractivity contribution in [1.29, 1.82) is 0 Å². The number of amides is 4. The predicted molar refractivity (Wildman–Crippen MR) is 192 cm³/mol. The highest BCUT2D eigenvalue weighted by Crippen LogP contribution is 2.18. The van der Waals surface area contributed by atoms with E-state index in [0.717, 1.165) is 21.1 Å². The van der Waals surface area contributed by atoms with Crippen molar-refractivity contribution in [3.8, 4) is 0 Å². The highest BCUT2D eigenvalue weighted by molar-refractivity contribution is 7.09. The fourth-order valence-corrected chi connectivity index (χ4v) is 6.33. The van der Waals surface area contributed by atoms with E-state index in [1.54, 1.807) is 39.7 Å². The molecular formula is C35H45N7O6S2. The zero-order valence-corrected chi connectivity index (χ0v) is 30.3. The zero-order chi connectivity index (χ0) is 35.9. The van der Waals surface area contributed by atoms with Crippen molar-refractivity contribution in [3.05, 3.63) is 104 Å². The number of hydrogen-bond donors (Lipinski definition) is 4. The van der Waals surface area contributed by atoms with E-state index < -0.39 is 42.1 Å². The minimum Gasteiger partial charge on any atom is -0.443 e. The zero-order valence-electron chi connectivity index (χ0n) is 28.7. The van der Waals surface area contributed by atoms with E-state index in [2.05, 4.69) is 26.0 Å². The average Bonchev–Trinajstić information content (AvgIpc) is 3.80. The summed E-state index contributed by atoms with van der Waals surface area (Å²) in [7, 11) is 3.20. The highest BCUT2D eigenvalue weighted by atomic mass is 32.1. The average molecular weight is 724 g/mol. The Labute approximate surface area is 300 Å². The van der Waals surface area contributed by atoms with Gasteiger partial charge >= 0.3 is 12.1 Å². The van der Waals surface area contributed by atoms with Gasteiger partial charge in [0.2, 0.25) is 0 Å². The maximum atomic E-state index is 14.5. The molecule has 4 amide bonds. The van der Waals surface area contributed by atoms with Gasteiger partial charge in [0.05, 0.1) is 41.4 Å². The molecule has 50 heavy (non-hydrogen) atoms. The summed E-state index contributed by atoms with van der Waals surface area (Å²) in [5, 5.41) is 21.6. The monoisotopic (exact) mass is 723 g/mol. The summed E-state index contributed by atoms with van der Waals surface area (Å²) >= 11 is 2.76. The first-order chi connectivity index (χ1) is 24.1. The van der Waals surface area contributed by atoms with E-state index in [1.807, 2.05) is 66.0 Å². The van der Waals surface area contributed by atoms with Crippen molar-refractivity contribution < 1.29 is 29.0 Å². The summed E-state index contributed by atoms with van der Waals surface area (Å²) in [6.07, 6.45) is -0.244. The van der Waals surface area contributed by atoms with Crippen LogP contribution in [0.3, 0.4) is 0 Å². The molecule has 4 rings (SSSR count). The fraction of sp³-hybridized carbons (Fsp3) is 0.400. The van der Waals surface area contributed by atoms with Crippen molar-refractivity contribution in [2.24, 2.45) is 5.92 Å². The summed E-state index contributed by atoms with van der Waals surface area (Å²) in [6.45, 7) is 4.71. The number of hydrogen-bond acceptors (Lipinski definition) is 11. The van der Waals surface area contributed by atoms with Gasteiger partial charge in [0.25, 0.3) is 5.91 Å². The van der Waals surface area contributed by atoms with Gasteiger partial charge in [0, 0.05) is 38.8 Å². The molecule has 0 saturated carbocycles. The van der Waals surface area contributed by atoms with Gasteiger partial charge in [-0.1, -0.05) is 74.5 Å². The maximum absolute atomic E-state index is 14.5. The van der Waals surface area contributed by atoms with Crippen molar-refractivity contribution in [1.82, 2.24) is 35.9 Å². The minimum atomic E-state index is -1.14. The van der Waals surface area contributed by atoms with Gasteiger partial charge in [-0.25, -0.2) is 25.0 Å². The van der Waals surface area contributed by atoms with E-state index in [-0.39, 0.29) is 26.1 Å². The molecule has 0 saturated heterocycles. The number of aromatic nitrogens is 2. The Morgan fingerprint density at radius 3 is 2.32 bits per heavy atom. The summed E-state index contributed by atoms with van der Waals surface area (Å²) in [5.74, 6) is -1.01. The van der Waals surface area contributed by atoms with Crippen LogP contribution in [0.4, 0.5) is 9.59 Å². The molecular weight excluding hydrogens is 679 g/mol. The first-order valence-electron chi connectivity index (χ1n) is 16.2. The van der Waals surface area contributed by atoms with Crippen molar-refractivity contribution in [3.63, 3.8) is 0 Å². The molecule has 0 unspecified atom stereocenters. The number of rotatable bonds is 17. The van der Waals surface area contributed by atoms with Gasteiger partial charge in [-0.3, -0.25) is 9.78 Å². The molecule has 3 atom stereocenters. The lowest BCUT2D eigenvalue weighted by molar-refractivity contribution is -0.143. The second kappa shape index (κ2) is 19.7. The molecule has 0 fully saturated rings. The Kier molecular flexibility index (Phi) is 15.1. The molecule has 2 aromatic heterocycles. The number of hydrazine groups is 1. The van der Waals surface area contributed by atoms with E-state index in [9.17, 15) is 19.5 Å². The second-order valence-electron chi connectivity index (χ2n) is 12.0. The molecule has 0 radical (unpaired) electrons. The Hall–Kier alpha value is -4.41. The molecule has 2 aromatic carbocycles. The number of carbonyl (C=O) groups excluding carboxylic acids is 3. The molecule has 0 spiro atoms. The molecule has 268 valence electrons. The number of aliphatic hydroxyl groups is 1. The fourth-order valence-electron chi connectivity index (χ4n) is 5.07. The third-order valence-electron chi connectivity index (χ3n) is 7.69. The molecule has 0 bridgehead atoms. The van der Waals surface area contributed by atoms with Gasteiger partial charge in [-0.15, -0.1) is 22.7 Å². The van der Waals surface area contributed by atoms with Gasteiger partial charge in [-0.05, 0) is 23.5 Å². The molecule has 13 nitrogen and oxygen atoms in total. The van der Waals surface area contributed by atoms with Crippen molar-refractivity contribution in [2.75, 3.05) is 20.7 Å². The summed E-state index contributed by atoms with van der Waals surface area (Å²) in [5.41, 5.74) is 6.78. The molecule has 2 heterocycles. The molecule has 0 aliphatic rings. The van der Waals surface area contributed by atoms with E-state index >= 15 is 0 Å². The van der Waals surface area contributed by atoms with Crippen LogP contribution in [0.1, 0.15) is 40.6 Å². The van der Waals surface area contributed by atoms with Crippen LogP contribution < -0.4 is 16.1 Å². The Balaban J connectivity index is 1.57. The molecule has 15 heteroatoms. The largest absolute Gasteiger partial charge is 0.443 e. The number of thiazole rings is 2. The summed E-state index contributed by atoms with van der Waals surface area (Å²) in [6, 6.07) is 16.6. The summed E-state index contributed by atoms with van der Waals surface area (Å²) in [4.78, 5) is 51.9. The van der Waals surface area contributed by atoms with Crippen LogP contribution in [0.5, 0.6) is 0 Å². The highest BCUT2D eigenvalue weighted by Gasteiger charge is 2.38. The lowest BCUT2D eigenvalue weighted by Crippen LogP contribution is -2.64. The standard InChI is InChI=1S/C35H45N7O6S2/c1-24(2)32(39-34(45)41(3)19-27-22-49-31(38-27)21-47-4)33(44)42(40-35(46)48-20-28-17-37-23-50-28)29(15-25-11-7-5-8-12-25)30(43)18-36-16-26-13-9-6-10-14-26/h5-14,17,22-24,29-30,32,36,43H,15-16,18-21H2,1-4H3,(H,39,45)(H,40,46)/t29-,30-,32-/m0/s1. The SMILES string of the molecule is COCc1nc(CN(C)C(=O)N[C@H](C(=O)N(NC(=O)OCc2cncs2)[C@@H](Cc2ccccc2)[C@@H](O)CNCc2ccccc2)C(C)C)cs1. The Bertz CT molecular complexity index is 1610. The van der Waals surface area contributed by atoms with Gasteiger partial charge in [-0.2, -0.15) is 0 Å². The molecule has 4 N–H and O–H groups in total. The quantitative estimate of drug-likeness (QED) is 0.116. The van der Waals surface area contributed by atoms with Crippen LogP contribution in [-0.2, 0) is 47.0 Å². The first kappa shape index (κ1) is 38.4. The third kappa shape index (κ3) is 11.9. The number of aliphatic hydroxyl groups excluding tert-OH is 1. The lowest BCUT2D eigenvalue weighted by Gasteiger charge is -2.38. The predicted octanol–water partition coefficient (Wildman–Crippen LogP) is 4.34. The second-order valence-corrected chi connectivity index (χ2v) is 13.9. The van der Waals surface area contributed by atoms with Crippen LogP contribution in [0.15, 0.2) is 77.8 Å². The topological polar surface area (TPSA) is 158 Å². The number of benzene rings is 2. The number of nitrogens with zero attached hydrogens (tertiary/aromatic N) is 4. The number of methoxy groups -OCH3 is 1. The van der Waals surface area contributed by atoms with Crippen LogP contribution in [0.25, 0.3) is 0 Å². The summed E-state index contributed by atoms with van der Waals surface area (Å²) < 4.78 is 10.6. The van der Waals surface area contributed by atoms with Crippen LogP contribution >= 0.6 is 22.7 Å². The Morgan fingerprint density at radius 2 is 1.68 bits per heavy atom. The van der Waals surface area contributed by atoms with Gasteiger partial charge in [0.1, 0.15) is 17.7 Å². The minimum absolute atomic E-state index is 0.0546.